The average Bonchev–Trinajstić information content (AvgIpc) is 2.83. The lowest BCUT2D eigenvalue weighted by Crippen LogP contribution is -2.22. The third kappa shape index (κ3) is 5.27. The van der Waals surface area contributed by atoms with Crippen LogP contribution in [0, 0.1) is 11.7 Å². The second-order valence-corrected chi connectivity index (χ2v) is 9.36. The number of carbonyl (C=O) groups is 3. The van der Waals surface area contributed by atoms with Gasteiger partial charge in [0, 0.05) is 25.6 Å². The molecule has 2 N–H and O–H groups in total. The van der Waals surface area contributed by atoms with E-state index in [9.17, 15) is 23.9 Å². The van der Waals surface area contributed by atoms with Crippen LogP contribution in [0.2, 0.25) is 0 Å². The SMILES string of the molecule is CNc1cc(F)cc2c1CC(=O)C(C(=O)Cc1ccc(C(=O)O)cc1CCC1CCCCC1)=C2. The van der Waals surface area contributed by atoms with Gasteiger partial charge in [-0.2, -0.15) is 0 Å². The summed E-state index contributed by atoms with van der Waals surface area (Å²) < 4.78 is 14.0. The van der Waals surface area contributed by atoms with E-state index < -0.39 is 11.8 Å². The summed E-state index contributed by atoms with van der Waals surface area (Å²) in [5.41, 5.74) is 3.63. The molecule has 4 rings (SSSR count). The van der Waals surface area contributed by atoms with Crippen molar-refractivity contribution >= 4 is 29.3 Å². The molecule has 34 heavy (non-hydrogen) atoms. The Morgan fingerprint density at radius 2 is 1.85 bits per heavy atom. The topological polar surface area (TPSA) is 83.5 Å². The van der Waals surface area contributed by atoms with Gasteiger partial charge in [-0.25, -0.2) is 9.18 Å². The van der Waals surface area contributed by atoms with Gasteiger partial charge in [0.1, 0.15) is 5.82 Å². The van der Waals surface area contributed by atoms with Crippen LogP contribution in [0.1, 0.15) is 71.1 Å². The number of hydrogen-bond donors (Lipinski definition) is 2. The second-order valence-electron chi connectivity index (χ2n) is 9.36. The number of aromatic carboxylic acids is 1. The van der Waals surface area contributed by atoms with E-state index in [4.69, 9.17) is 0 Å². The van der Waals surface area contributed by atoms with Crippen LogP contribution in [-0.4, -0.2) is 29.7 Å². The van der Waals surface area contributed by atoms with Crippen LogP contribution in [0.25, 0.3) is 6.08 Å². The van der Waals surface area contributed by atoms with Crippen LogP contribution < -0.4 is 5.32 Å². The first kappa shape index (κ1) is 23.9. The van der Waals surface area contributed by atoms with Gasteiger partial charge < -0.3 is 10.4 Å². The summed E-state index contributed by atoms with van der Waals surface area (Å²) in [5, 5.41) is 12.3. The van der Waals surface area contributed by atoms with Gasteiger partial charge in [-0.05, 0) is 71.4 Å². The summed E-state index contributed by atoms with van der Waals surface area (Å²) in [6.45, 7) is 0. The number of carbonyl (C=O) groups excluding carboxylic acids is 2. The van der Waals surface area contributed by atoms with Crippen molar-refractivity contribution in [1.82, 2.24) is 0 Å². The first-order valence-electron chi connectivity index (χ1n) is 12.0. The van der Waals surface area contributed by atoms with Gasteiger partial charge >= 0.3 is 5.97 Å². The highest BCUT2D eigenvalue weighted by atomic mass is 19.1. The Morgan fingerprint density at radius 3 is 2.56 bits per heavy atom. The maximum Gasteiger partial charge on any atom is 0.335 e. The molecule has 0 bridgehead atoms. The minimum absolute atomic E-state index is 0.0149. The number of benzene rings is 2. The van der Waals surface area contributed by atoms with Crippen molar-refractivity contribution in [2.24, 2.45) is 5.92 Å². The Balaban J connectivity index is 1.58. The maximum absolute atomic E-state index is 14.0. The molecule has 0 radical (unpaired) electrons. The lowest BCUT2D eigenvalue weighted by molar-refractivity contribution is -0.120. The molecule has 0 aromatic heterocycles. The smallest absolute Gasteiger partial charge is 0.335 e. The predicted octanol–water partition coefficient (Wildman–Crippen LogP) is 5.40. The molecule has 0 atom stereocenters. The van der Waals surface area contributed by atoms with Gasteiger partial charge in [0.05, 0.1) is 11.1 Å². The van der Waals surface area contributed by atoms with Crippen LogP contribution in [0.5, 0.6) is 0 Å². The number of hydrogen-bond acceptors (Lipinski definition) is 4. The lowest BCUT2D eigenvalue weighted by atomic mass is 9.83. The Labute approximate surface area is 199 Å². The van der Waals surface area contributed by atoms with Gasteiger partial charge in [0.25, 0.3) is 0 Å². The zero-order valence-corrected chi connectivity index (χ0v) is 19.5. The second kappa shape index (κ2) is 10.3. The minimum Gasteiger partial charge on any atom is -0.478 e. The fraction of sp³-hybridized carbons (Fsp3) is 0.393. The summed E-state index contributed by atoms with van der Waals surface area (Å²) in [4.78, 5) is 37.5. The molecule has 2 aliphatic carbocycles. The first-order chi connectivity index (χ1) is 16.4. The van der Waals surface area contributed by atoms with E-state index in [0.717, 1.165) is 17.5 Å². The van der Waals surface area contributed by atoms with Gasteiger partial charge in [-0.15, -0.1) is 0 Å². The van der Waals surface area contributed by atoms with E-state index in [0.29, 0.717) is 29.2 Å². The van der Waals surface area contributed by atoms with Gasteiger partial charge in [0.15, 0.2) is 11.6 Å². The average molecular weight is 464 g/mol. The summed E-state index contributed by atoms with van der Waals surface area (Å²) in [7, 11) is 1.67. The van der Waals surface area contributed by atoms with Crippen LogP contribution in [-0.2, 0) is 28.9 Å². The van der Waals surface area contributed by atoms with E-state index in [1.54, 1.807) is 19.2 Å². The van der Waals surface area contributed by atoms with Crippen molar-refractivity contribution in [1.29, 1.82) is 0 Å². The molecule has 2 aromatic rings. The number of fused-ring (bicyclic) bond motifs is 1. The van der Waals surface area contributed by atoms with Crippen molar-refractivity contribution in [2.45, 2.75) is 57.8 Å². The molecule has 6 heteroatoms. The number of Topliss-reactive ketones (excluding diaryl/α,β-unsaturated/α-hetero) is 2. The zero-order chi connectivity index (χ0) is 24.2. The molecular formula is C28H30FNO4. The molecule has 2 aliphatic rings. The normalized spacial score (nSPS) is 16.1. The third-order valence-electron chi connectivity index (χ3n) is 7.11. The summed E-state index contributed by atoms with van der Waals surface area (Å²) in [6, 6.07) is 7.55. The van der Waals surface area contributed by atoms with Crippen molar-refractivity contribution in [3.05, 3.63) is 69.5 Å². The van der Waals surface area contributed by atoms with Crippen molar-refractivity contribution in [2.75, 3.05) is 12.4 Å². The molecule has 1 fully saturated rings. The number of aryl methyl sites for hydroxylation is 1. The summed E-state index contributed by atoms with van der Waals surface area (Å²) in [6.07, 6.45) is 9.34. The molecule has 0 saturated heterocycles. The summed E-state index contributed by atoms with van der Waals surface area (Å²) in [5.74, 6) is -1.42. The predicted molar refractivity (Wildman–Crippen MR) is 130 cm³/mol. The first-order valence-corrected chi connectivity index (χ1v) is 12.0. The molecule has 0 unspecified atom stereocenters. The summed E-state index contributed by atoms with van der Waals surface area (Å²) >= 11 is 0. The number of halogens is 1. The van der Waals surface area contributed by atoms with E-state index in [2.05, 4.69) is 5.32 Å². The number of carboxylic acid groups (broad SMARTS) is 1. The Kier molecular flexibility index (Phi) is 7.25. The number of allylic oxidation sites excluding steroid dienone is 1. The highest BCUT2D eigenvalue weighted by Crippen LogP contribution is 2.31. The standard InChI is InChI=1S/C28H30FNO4/c1-30-25-15-22(29)12-21-13-24(27(32)16-23(21)25)26(31)14-19-9-10-20(28(33)34)11-18(19)8-7-17-5-3-2-4-6-17/h9-13,15,17,30H,2-8,14,16H2,1H3,(H,33,34). The lowest BCUT2D eigenvalue weighted by Gasteiger charge is -2.22. The van der Waals surface area contributed by atoms with E-state index in [1.165, 1.54) is 56.4 Å². The Bertz CT molecular complexity index is 1160. The zero-order valence-electron chi connectivity index (χ0n) is 19.5. The molecule has 178 valence electrons. The fourth-order valence-corrected chi connectivity index (χ4v) is 5.20. The van der Waals surface area contributed by atoms with Crippen LogP contribution in [0.15, 0.2) is 35.9 Å². The van der Waals surface area contributed by atoms with Gasteiger partial charge in [-0.3, -0.25) is 9.59 Å². The molecule has 0 spiro atoms. The number of ketones is 2. The van der Waals surface area contributed by atoms with Crippen molar-refractivity contribution < 1.29 is 23.9 Å². The van der Waals surface area contributed by atoms with Gasteiger partial charge in [0.2, 0.25) is 0 Å². The van der Waals surface area contributed by atoms with Crippen LogP contribution >= 0.6 is 0 Å². The van der Waals surface area contributed by atoms with Crippen LogP contribution in [0.3, 0.4) is 0 Å². The minimum atomic E-state index is -0.999. The van der Waals surface area contributed by atoms with Crippen LogP contribution in [0.4, 0.5) is 10.1 Å². The molecule has 2 aromatic carbocycles. The molecule has 0 heterocycles. The van der Waals surface area contributed by atoms with E-state index in [-0.39, 0.29) is 35.5 Å². The molecule has 0 amide bonds. The van der Waals surface area contributed by atoms with E-state index in [1.807, 2.05) is 0 Å². The monoisotopic (exact) mass is 463 g/mol. The molecular weight excluding hydrogens is 433 g/mol. The van der Waals surface area contributed by atoms with E-state index >= 15 is 0 Å². The fourth-order valence-electron chi connectivity index (χ4n) is 5.20. The quantitative estimate of drug-likeness (QED) is 0.512. The Hall–Kier alpha value is -3.28. The number of carboxylic acids is 1. The van der Waals surface area contributed by atoms with Crippen molar-refractivity contribution in [3.8, 4) is 0 Å². The number of anilines is 1. The van der Waals surface area contributed by atoms with Crippen molar-refractivity contribution in [3.63, 3.8) is 0 Å². The highest BCUT2D eigenvalue weighted by molar-refractivity contribution is 6.25. The Morgan fingerprint density at radius 1 is 1.09 bits per heavy atom. The highest BCUT2D eigenvalue weighted by Gasteiger charge is 2.27. The largest absolute Gasteiger partial charge is 0.478 e. The number of nitrogens with one attached hydrogen (secondary N) is 1. The third-order valence-corrected chi connectivity index (χ3v) is 7.11. The molecule has 5 nitrogen and oxygen atoms in total. The maximum atomic E-state index is 14.0. The molecule has 0 aliphatic heterocycles. The molecule has 1 saturated carbocycles. The number of rotatable bonds is 8. The van der Waals surface area contributed by atoms with Gasteiger partial charge in [-0.1, -0.05) is 38.2 Å².